The van der Waals surface area contributed by atoms with Crippen molar-refractivity contribution in [1.82, 2.24) is 0 Å². The average molecular weight is 331 g/mol. The lowest BCUT2D eigenvalue weighted by molar-refractivity contribution is 0.151. The number of hydrogen-bond donors (Lipinski definition) is 1. The Morgan fingerprint density at radius 2 is 1.53 bits per heavy atom. The maximum Gasteiger partial charge on any atom is 0.263 e. The van der Waals surface area contributed by atoms with Crippen LogP contribution in [0.3, 0.4) is 0 Å². The summed E-state index contributed by atoms with van der Waals surface area (Å²) in [4.78, 5) is 0. The van der Waals surface area contributed by atoms with Gasteiger partial charge in [-0.05, 0) is 23.8 Å². The molecule has 5 heteroatoms. The van der Waals surface area contributed by atoms with Crippen molar-refractivity contribution in [1.29, 1.82) is 0 Å². The fraction of sp³-hybridized carbons (Fsp3) is 0.143. The van der Waals surface area contributed by atoms with Crippen LogP contribution in [-0.4, -0.2) is 5.11 Å². The quantitative estimate of drug-likeness (QED) is 0.871. The predicted molar refractivity (Wildman–Crippen MR) is 69.6 cm³/mol. The van der Waals surface area contributed by atoms with E-state index in [1.54, 1.807) is 0 Å². The molecule has 0 saturated heterocycles. The number of benzene rings is 2. The Morgan fingerprint density at radius 1 is 0.947 bits per heavy atom. The number of aliphatic hydroxyl groups excluding tert-OH is 1. The smallest absolute Gasteiger partial charge is 0.263 e. The van der Waals surface area contributed by atoms with Crippen molar-refractivity contribution >= 4 is 15.9 Å². The van der Waals surface area contributed by atoms with E-state index < -0.39 is 18.3 Å². The Labute approximate surface area is 116 Å². The first-order chi connectivity index (χ1) is 8.99. The molecule has 0 fully saturated rings. The Bertz CT molecular complexity index is 569. The number of hydrogen-bond acceptors (Lipinski definition) is 1. The van der Waals surface area contributed by atoms with Crippen LogP contribution in [0.2, 0.25) is 0 Å². The van der Waals surface area contributed by atoms with Crippen LogP contribution in [0.1, 0.15) is 29.2 Å². The highest BCUT2D eigenvalue weighted by Gasteiger charge is 2.16. The van der Waals surface area contributed by atoms with Crippen molar-refractivity contribution in [3.8, 4) is 0 Å². The molecule has 0 aliphatic carbocycles. The van der Waals surface area contributed by atoms with Crippen molar-refractivity contribution < 1.29 is 18.3 Å². The lowest BCUT2D eigenvalue weighted by Crippen LogP contribution is -2.03. The number of halogens is 4. The lowest BCUT2D eigenvalue weighted by Gasteiger charge is -2.13. The van der Waals surface area contributed by atoms with Crippen LogP contribution in [-0.2, 0) is 0 Å². The van der Waals surface area contributed by atoms with Gasteiger partial charge in [-0.15, -0.1) is 0 Å². The summed E-state index contributed by atoms with van der Waals surface area (Å²) in [5, 5.41) is 10.1. The van der Waals surface area contributed by atoms with Gasteiger partial charge in [0.25, 0.3) is 6.43 Å². The number of aliphatic hydroxyl groups is 1. The molecule has 2 aromatic rings. The Hall–Kier alpha value is -1.33. The summed E-state index contributed by atoms with van der Waals surface area (Å²) in [5.41, 5.74) is 0.325. The highest BCUT2D eigenvalue weighted by molar-refractivity contribution is 9.10. The van der Waals surface area contributed by atoms with E-state index in [1.165, 1.54) is 42.5 Å². The third kappa shape index (κ3) is 3.16. The van der Waals surface area contributed by atoms with Crippen LogP contribution in [0.25, 0.3) is 0 Å². The largest absolute Gasteiger partial charge is 0.384 e. The molecule has 0 aliphatic rings. The fourth-order valence-corrected chi connectivity index (χ4v) is 2.11. The Balaban J connectivity index is 2.33. The zero-order chi connectivity index (χ0) is 14.0. The van der Waals surface area contributed by atoms with Gasteiger partial charge in [-0.2, -0.15) is 0 Å². The van der Waals surface area contributed by atoms with Gasteiger partial charge in [0, 0.05) is 15.6 Å². The standard InChI is InChI=1S/C14H10BrF3O/c15-10-5-6-12(16)11(7-10)13(19)8-1-3-9(4-2-8)14(17)18/h1-7,13-14,19H. The molecule has 0 amide bonds. The zero-order valence-corrected chi connectivity index (χ0v) is 11.2. The van der Waals surface area contributed by atoms with Crippen LogP contribution in [0.15, 0.2) is 46.9 Å². The molecule has 0 radical (unpaired) electrons. The third-order valence-corrected chi connectivity index (χ3v) is 3.25. The topological polar surface area (TPSA) is 20.2 Å². The van der Waals surface area contributed by atoms with Gasteiger partial charge in [0.05, 0.1) is 0 Å². The van der Waals surface area contributed by atoms with Crippen molar-refractivity contribution in [2.45, 2.75) is 12.5 Å². The highest BCUT2D eigenvalue weighted by atomic mass is 79.9. The van der Waals surface area contributed by atoms with Crippen molar-refractivity contribution in [2.24, 2.45) is 0 Å². The van der Waals surface area contributed by atoms with E-state index in [0.717, 1.165) is 0 Å². The van der Waals surface area contributed by atoms with Gasteiger partial charge in [-0.3, -0.25) is 0 Å². The Morgan fingerprint density at radius 3 is 2.11 bits per heavy atom. The number of rotatable bonds is 3. The van der Waals surface area contributed by atoms with Crippen LogP contribution in [0, 0.1) is 5.82 Å². The maximum absolute atomic E-state index is 13.6. The van der Waals surface area contributed by atoms with E-state index in [9.17, 15) is 18.3 Å². The van der Waals surface area contributed by atoms with Crippen LogP contribution in [0.5, 0.6) is 0 Å². The van der Waals surface area contributed by atoms with Gasteiger partial charge in [0.15, 0.2) is 0 Å². The first-order valence-electron chi connectivity index (χ1n) is 5.50. The molecule has 100 valence electrons. The summed E-state index contributed by atoms with van der Waals surface area (Å²) in [5.74, 6) is -0.548. The monoisotopic (exact) mass is 330 g/mol. The second-order valence-electron chi connectivity index (χ2n) is 4.04. The van der Waals surface area contributed by atoms with Crippen molar-refractivity contribution in [3.05, 3.63) is 69.4 Å². The molecule has 0 saturated carbocycles. The minimum Gasteiger partial charge on any atom is -0.384 e. The molecular weight excluding hydrogens is 321 g/mol. The zero-order valence-electron chi connectivity index (χ0n) is 9.66. The van der Waals surface area contributed by atoms with E-state index >= 15 is 0 Å². The normalized spacial score (nSPS) is 12.7. The van der Waals surface area contributed by atoms with E-state index in [2.05, 4.69) is 15.9 Å². The second kappa shape index (κ2) is 5.75. The summed E-state index contributed by atoms with van der Waals surface area (Å²) >= 11 is 3.19. The molecule has 0 aliphatic heterocycles. The summed E-state index contributed by atoms with van der Waals surface area (Å²) in [6, 6.07) is 9.39. The predicted octanol–water partition coefficient (Wildman–Crippen LogP) is 4.61. The van der Waals surface area contributed by atoms with Gasteiger partial charge < -0.3 is 5.11 Å². The van der Waals surface area contributed by atoms with Gasteiger partial charge in [-0.25, -0.2) is 13.2 Å². The number of alkyl halides is 2. The fourth-order valence-electron chi connectivity index (χ4n) is 1.73. The maximum atomic E-state index is 13.6. The molecular formula is C14H10BrF3O. The summed E-state index contributed by atoms with van der Waals surface area (Å²) in [6.07, 6.45) is -3.75. The van der Waals surface area contributed by atoms with E-state index in [4.69, 9.17) is 0 Å². The lowest BCUT2D eigenvalue weighted by atomic mass is 10.00. The van der Waals surface area contributed by atoms with E-state index in [0.29, 0.717) is 10.0 Å². The van der Waals surface area contributed by atoms with Gasteiger partial charge in [-0.1, -0.05) is 40.2 Å². The third-order valence-electron chi connectivity index (χ3n) is 2.76. The minimum absolute atomic E-state index is 0.0965. The van der Waals surface area contributed by atoms with Gasteiger partial charge >= 0.3 is 0 Å². The highest BCUT2D eigenvalue weighted by Crippen LogP contribution is 2.28. The molecule has 0 bridgehead atoms. The van der Waals surface area contributed by atoms with Crippen molar-refractivity contribution in [2.75, 3.05) is 0 Å². The van der Waals surface area contributed by atoms with E-state index in [-0.39, 0.29) is 11.1 Å². The van der Waals surface area contributed by atoms with Gasteiger partial charge in [0.2, 0.25) is 0 Å². The van der Waals surface area contributed by atoms with Crippen molar-refractivity contribution in [3.63, 3.8) is 0 Å². The molecule has 1 N–H and O–H groups in total. The first kappa shape index (κ1) is 14.1. The summed E-state index contributed by atoms with van der Waals surface area (Å²) in [7, 11) is 0. The first-order valence-corrected chi connectivity index (χ1v) is 6.29. The molecule has 2 aromatic carbocycles. The average Bonchev–Trinajstić information content (AvgIpc) is 2.41. The molecule has 0 heterocycles. The summed E-state index contributed by atoms with van der Waals surface area (Å²) in [6.45, 7) is 0. The molecule has 1 atom stereocenters. The molecule has 0 spiro atoms. The molecule has 2 rings (SSSR count). The van der Waals surface area contributed by atoms with Crippen LogP contribution in [0.4, 0.5) is 13.2 Å². The van der Waals surface area contributed by atoms with Crippen LogP contribution < -0.4 is 0 Å². The molecule has 1 nitrogen and oxygen atoms in total. The minimum atomic E-state index is -2.56. The Kier molecular flexibility index (Phi) is 4.27. The van der Waals surface area contributed by atoms with E-state index in [1.807, 2.05) is 0 Å². The van der Waals surface area contributed by atoms with Gasteiger partial charge in [0.1, 0.15) is 11.9 Å². The second-order valence-corrected chi connectivity index (χ2v) is 4.95. The molecule has 1 unspecified atom stereocenters. The molecule has 19 heavy (non-hydrogen) atoms. The molecule has 0 aromatic heterocycles. The summed E-state index contributed by atoms with van der Waals surface area (Å²) < 4.78 is 39.1. The SMILES string of the molecule is OC(c1ccc(C(F)F)cc1)c1cc(Br)ccc1F. The van der Waals surface area contributed by atoms with Crippen LogP contribution >= 0.6 is 15.9 Å².